The van der Waals surface area contributed by atoms with Gasteiger partial charge in [-0.05, 0) is 12.0 Å². The van der Waals surface area contributed by atoms with E-state index in [9.17, 15) is 4.79 Å². The molecule has 6 heteroatoms. The fourth-order valence-electron chi connectivity index (χ4n) is 2.25. The molecule has 0 radical (unpaired) electrons. The molecule has 0 spiro atoms. The molecule has 0 fully saturated rings. The van der Waals surface area contributed by atoms with Gasteiger partial charge in [-0.3, -0.25) is 9.89 Å². The lowest BCUT2D eigenvalue weighted by Gasteiger charge is -2.09. The number of hydrogen-bond donors (Lipinski definition) is 1. The van der Waals surface area contributed by atoms with Crippen LogP contribution in [-0.4, -0.2) is 24.1 Å². The summed E-state index contributed by atoms with van der Waals surface area (Å²) in [6.45, 7) is 3.99. The van der Waals surface area contributed by atoms with Gasteiger partial charge in [-0.1, -0.05) is 13.8 Å². The Kier molecular flexibility index (Phi) is 2.51. The van der Waals surface area contributed by atoms with E-state index in [1.54, 1.807) is 0 Å². The quantitative estimate of drug-likeness (QED) is 0.757. The number of aromatic amines is 1. The van der Waals surface area contributed by atoms with E-state index >= 15 is 0 Å². The van der Waals surface area contributed by atoms with Gasteiger partial charge in [-0.2, -0.15) is 4.52 Å². The molecule has 0 atom stereocenters. The van der Waals surface area contributed by atoms with Crippen LogP contribution in [0.15, 0.2) is 29.6 Å². The average molecular weight is 257 g/mol. The van der Waals surface area contributed by atoms with Crippen molar-refractivity contribution < 1.29 is 0 Å². The fourth-order valence-corrected chi connectivity index (χ4v) is 2.25. The van der Waals surface area contributed by atoms with Gasteiger partial charge < -0.3 is 4.57 Å². The van der Waals surface area contributed by atoms with Gasteiger partial charge >= 0.3 is 0 Å². The molecule has 98 valence electrons. The number of nitrogens with zero attached hydrogens (tertiary/aromatic N) is 4. The molecule has 0 saturated carbocycles. The van der Waals surface area contributed by atoms with Crippen molar-refractivity contribution in [2.45, 2.75) is 19.8 Å². The second-order valence-electron chi connectivity index (χ2n) is 4.92. The summed E-state index contributed by atoms with van der Waals surface area (Å²) < 4.78 is 3.31. The SMILES string of the molecule is CC(C)c1c(-c2ccn(C)c2)nc2nc[nH]n2c1=O. The maximum Gasteiger partial charge on any atom is 0.278 e. The van der Waals surface area contributed by atoms with E-state index < -0.39 is 0 Å². The van der Waals surface area contributed by atoms with Gasteiger partial charge in [0.2, 0.25) is 0 Å². The zero-order valence-corrected chi connectivity index (χ0v) is 11.1. The second kappa shape index (κ2) is 4.08. The molecule has 3 heterocycles. The van der Waals surface area contributed by atoms with Crippen molar-refractivity contribution in [3.8, 4) is 11.3 Å². The summed E-state index contributed by atoms with van der Waals surface area (Å²) in [6.07, 6.45) is 5.37. The van der Waals surface area contributed by atoms with Gasteiger partial charge in [0.25, 0.3) is 11.3 Å². The number of fused-ring (bicyclic) bond motifs is 1. The highest BCUT2D eigenvalue weighted by Crippen LogP contribution is 2.25. The Bertz CT molecular complexity index is 793. The summed E-state index contributed by atoms with van der Waals surface area (Å²) in [5.41, 5.74) is 2.27. The highest BCUT2D eigenvalue weighted by Gasteiger charge is 2.18. The lowest BCUT2D eigenvalue weighted by atomic mass is 10.00. The van der Waals surface area contributed by atoms with Gasteiger partial charge in [0.1, 0.15) is 6.33 Å². The standard InChI is InChI=1S/C13H15N5O/c1-8(2)10-11(9-4-5-17(3)6-9)16-13-14-7-15-18(13)12(10)19/h4-8H,1-3H3,(H,14,15,16). The van der Waals surface area contributed by atoms with Crippen LogP contribution in [0.25, 0.3) is 17.0 Å². The number of nitrogens with one attached hydrogen (secondary N) is 1. The molecule has 3 rings (SSSR count). The first kappa shape index (κ1) is 11.7. The van der Waals surface area contributed by atoms with Crippen molar-refractivity contribution in [3.63, 3.8) is 0 Å². The number of hydrogen-bond acceptors (Lipinski definition) is 3. The first-order valence-electron chi connectivity index (χ1n) is 6.16. The molecular formula is C13H15N5O. The second-order valence-corrected chi connectivity index (χ2v) is 4.92. The molecule has 0 saturated heterocycles. The average Bonchev–Trinajstić information content (AvgIpc) is 2.96. The van der Waals surface area contributed by atoms with Gasteiger partial charge in [-0.25, -0.2) is 9.97 Å². The van der Waals surface area contributed by atoms with Crippen LogP contribution < -0.4 is 5.56 Å². The van der Waals surface area contributed by atoms with Gasteiger partial charge in [0.05, 0.1) is 5.69 Å². The summed E-state index contributed by atoms with van der Waals surface area (Å²) in [5.74, 6) is 0.489. The number of aromatic nitrogens is 5. The van der Waals surface area contributed by atoms with Crippen LogP contribution >= 0.6 is 0 Å². The van der Waals surface area contributed by atoms with E-state index in [1.165, 1.54) is 10.8 Å². The maximum atomic E-state index is 12.5. The normalized spacial score (nSPS) is 11.6. The van der Waals surface area contributed by atoms with E-state index in [0.717, 1.165) is 5.56 Å². The molecule has 0 aromatic carbocycles. The zero-order chi connectivity index (χ0) is 13.6. The van der Waals surface area contributed by atoms with Crippen LogP contribution in [0.1, 0.15) is 25.3 Å². The predicted molar refractivity (Wildman–Crippen MR) is 72.1 cm³/mol. The Balaban J connectivity index is 2.39. The molecule has 0 aliphatic carbocycles. The van der Waals surface area contributed by atoms with Crippen LogP contribution in [0.4, 0.5) is 0 Å². The topological polar surface area (TPSA) is 68.0 Å². The highest BCUT2D eigenvalue weighted by atomic mass is 16.1. The Morgan fingerprint density at radius 2 is 2.16 bits per heavy atom. The number of H-pyrrole nitrogens is 1. The van der Waals surface area contributed by atoms with Crippen molar-refractivity contribution in [2.24, 2.45) is 7.05 Å². The lowest BCUT2D eigenvalue weighted by molar-refractivity contribution is 0.797. The third kappa shape index (κ3) is 1.76. The summed E-state index contributed by atoms with van der Waals surface area (Å²) in [6, 6.07) is 1.96. The Labute approximate surface area is 109 Å². The van der Waals surface area contributed by atoms with Crippen molar-refractivity contribution in [1.29, 1.82) is 0 Å². The molecule has 0 unspecified atom stereocenters. The van der Waals surface area contributed by atoms with E-state index in [0.29, 0.717) is 17.0 Å². The molecular weight excluding hydrogens is 242 g/mol. The smallest absolute Gasteiger partial charge is 0.278 e. The third-order valence-corrected chi connectivity index (χ3v) is 3.15. The zero-order valence-electron chi connectivity index (χ0n) is 11.1. The van der Waals surface area contributed by atoms with Crippen LogP contribution in [0.5, 0.6) is 0 Å². The minimum atomic E-state index is -0.0867. The molecule has 3 aromatic rings. The number of aryl methyl sites for hydroxylation is 1. The first-order valence-corrected chi connectivity index (χ1v) is 6.16. The molecule has 0 aliphatic heterocycles. The summed E-state index contributed by atoms with van der Waals surface area (Å²) >= 11 is 0. The molecule has 0 aliphatic rings. The summed E-state index contributed by atoms with van der Waals surface area (Å²) in [5, 5.41) is 2.79. The largest absolute Gasteiger partial charge is 0.357 e. The lowest BCUT2D eigenvalue weighted by Crippen LogP contribution is -2.22. The molecule has 0 amide bonds. The van der Waals surface area contributed by atoms with Crippen LogP contribution in [-0.2, 0) is 7.05 Å². The van der Waals surface area contributed by atoms with Crippen molar-refractivity contribution in [2.75, 3.05) is 0 Å². The fraction of sp³-hybridized carbons (Fsp3) is 0.308. The Morgan fingerprint density at radius 3 is 2.79 bits per heavy atom. The van der Waals surface area contributed by atoms with Gasteiger partial charge in [0.15, 0.2) is 0 Å². The first-order chi connectivity index (χ1) is 9.08. The molecule has 19 heavy (non-hydrogen) atoms. The summed E-state index contributed by atoms with van der Waals surface area (Å²) in [4.78, 5) is 21.0. The minimum absolute atomic E-state index is 0.0867. The molecule has 3 aromatic heterocycles. The van der Waals surface area contributed by atoms with Crippen molar-refractivity contribution in [3.05, 3.63) is 40.7 Å². The van der Waals surface area contributed by atoms with Crippen LogP contribution in [0, 0.1) is 0 Å². The van der Waals surface area contributed by atoms with Gasteiger partial charge in [0, 0.05) is 30.6 Å². The van der Waals surface area contributed by atoms with E-state index in [1.807, 2.05) is 43.9 Å². The molecule has 0 bridgehead atoms. The van der Waals surface area contributed by atoms with Crippen LogP contribution in [0.3, 0.4) is 0 Å². The molecule has 1 N–H and O–H groups in total. The Morgan fingerprint density at radius 1 is 1.37 bits per heavy atom. The minimum Gasteiger partial charge on any atom is -0.357 e. The van der Waals surface area contributed by atoms with E-state index in [4.69, 9.17) is 0 Å². The Hall–Kier alpha value is -2.37. The van der Waals surface area contributed by atoms with E-state index in [2.05, 4.69) is 15.1 Å². The highest BCUT2D eigenvalue weighted by molar-refractivity contribution is 5.64. The van der Waals surface area contributed by atoms with Crippen molar-refractivity contribution >= 4 is 5.78 Å². The predicted octanol–water partition coefficient (Wildman–Crippen LogP) is 1.55. The third-order valence-electron chi connectivity index (χ3n) is 3.15. The van der Waals surface area contributed by atoms with Crippen LogP contribution in [0.2, 0.25) is 0 Å². The summed E-state index contributed by atoms with van der Waals surface area (Å²) in [7, 11) is 1.94. The molecule has 6 nitrogen and oxygen atoms in total. The van der Waals surface area contributed by atoms with Gasteiger partial charge in [-0.15, -0.1) is 0 Å². The monoisotopic (exact) mass is 257 g/mol. The maximum absolute atomic E-state index is 12.5. The number of rotatable bonds is 2. The van der Waals surface area contributed by atoms with E-state index in [-0.39, 0.29) is 11.5 Å². The van der Waals surface area contributed by atoms with Crippen molar-refractivity contribution in [1.82, 2.24) is 24.1 Å².